The largest absolute Gasteiger partial charge is 0.316 e. The third kappa shape index (κ3) is 6.03. The summed E-state index contributed by atoms with van der Waals surface area (Å²) in [6, 6.07) is 7.18. The maximum atomic E-state index is 12.0. The van der Waals surface area contributed by atoms with E-state index in [1.54, 1.807) is 12.1 Å². The maximum absolute atomic E-state index is 12.0. The second-order valence-electron chi connectivity index (χ2n) is 5.33. The molecule has 0 unspecified atom stereocenters. The van der Waals surface area contributed by atoms with E-state index in [9.17, 15) is 8.42 Å². The number of nitrogens with one attached hydrogen (secondary N) is 2. The van der Waals surface area contributed by atoms with Crippen LogP contribution in [0.15, 0.2) is 29.2 Å². The lowest BCUT2D eigenvalue weighted by Crippen LogP contribution is -2.31. The first-order valence-corrected chi connectivity index (χ1v) is 8.73. The van der Waals surface area contributed by atoms with E-state index >= 15 is 0 Å². The van der Waals surface area contributed by atoms with Gasteiger partial charge in [0.1, 0.15) is 0 Å². The number of likely N-dealkylation sites (N-methyl/N-ethyl adjacent to an activating group) is 1. The highest BCUT2D eigenvalue weighted by molar-refractivity contribution is 7.89. The van der Waals surface area contributed by atoms with Crippen molar-refractivity contribution in [2.45, 2.75) is 38.5 Å². The second kappa shape index (κ2) is 8.39. The molecule has 0 spiro atoms. The molecule has 20 heavy (non-hydrogen) atoms. The van der Waals surface area contributed by atoms with Crippen LogP contribution in [0.2, 0.25) is 0 Å². The molecule has 0 aliphatic carbocycles. The van der Waals surface area contributed by atoms with Gasteiger partial charge in [0.25, 0.3) is 0 Å². The first-order valence-electron chi connectivity index (χ1n) is 7.25. The SMILES string of the molecule is CCNCCNS(=O)(=O)c1ccc(CCC(C)C)cc1. The van der Waals surface area contributed by atoms with Crippen LogP contribution in [-0.2, 0) is 16.4 Å². The molecule has 1 aromatic carbocycles. The van der Waals surface area contributed by atoms with Crippen molar-refractivity contribution in [2.75, 3.05) is 19.6 Å². The van der Waals surface area contributed by atoms with Crippen molar-refractivity contribution >= 4 is 10.0 Å². The van der Waals surface area contributed by atoms with Crippen molar-refractivity contribution in [2.24, 2.45) is 5.92 Å². The number of benzene rings is 1. The molecule has 0 saturated carbocycles. The van der Waals surface area contributed by atoms with Crippen LogP contribution in [0.3, 0.4) is 0 Å². The van der Waals surface area contributed by atoms with E-state index in [0.29, 0.717) is 23.9 Å². The fraction of sp³-hybridized carbons (Fsp3) is 0.600. The Balaban J connectivity index is 2.57. The molecule has 1 rings (SSSR count). The van der Waals surface area contributed by atoms with Gasteiger partial charge in [0, 0.05) is 13.1 Å². The van der Waals surface area contributed by atoms with Crippen LogP contribution in [0, 0.1) is 5.92 Å². The standard InChI is InChI=1S/C15H26N2O2S/c1-4-16-11-12-17-20(18,19)15-9-7-14(8-10-15)6-5-13(2)3/h7-10,13,16-17H,4-6,11-12H2,1-3H3. The normalized spacial score (nSPS) is 12.0. The minimum Gasteiger partial charge on any atom is -0.316 e. The lowest BCUT2D eigenvalue weighted by molar-refractivity contribution is 0.576. The van der Waals surface area contributed by atoms with Crippen LogP contribution < -0.4 is 10.0 Å². The Labute approximate surface area is 123 Å². The highest BCUT2D eigenvalue weighted by Crippen LogP contribution is 2.13. The molecule has 0 fully saturated rings. The summed E-state index contributed by atoms with van der Waals surface area (Å²) in [5.74, 6) is 0.658. The molecule has 0 saturated heterocycles. The summed E-state index contributed by atoms with van der Waals surface area (Å²) in [6.45, 7) is 8.25. The molecule has 0 aliphatic rings. The molecule has 5 heteroatoms. The van der Waals surface area contributed by atoms with Crippen molar-refractivity contribution in [1.29, 1.82) is 0 Å². The summed E-state index contributed by atoms with van der Waals surface area (Å²) in [5.41, 5.74) is 1.19. The van der Waals surface area contributed by atoms with Crippen LogP contribution >= 0.6 is 0 Å². The number of hydrogen-bond donors (Lipinski definition) is 2. The smallest absolute Gasteiger partial charge is 0.240 e. The van der Waals surface area contributed by atoms with Gasteiger partial charge in [-0.25, -0.2) is 13.1 Å². The monoisotopic (exact) mass is 298 g/mol. The van der Waals surface area contributed by atoms with Gasteiger partial charge in [-0.15, -0.1) is 0 Å². The molecule has 4 nitrogen and oxygen atoms in total. The summed E-state index contributed by atoms with van der Waals surface area (Å²) < 4.78 is 26.7. The lowest BCUT2D eigenvalue weighted by Gasteiger charge is -2.08. The molecular weight excluding hydrogens is 272 g/mol. The van der Waals surface area contributed by atoms with Crippen molar-refractivity contribution in [3.8, 4) is 0 Å². The fourth-order valence-corrected chi connectivity index (χ4v) is 2.86. The molecule has 1 aromatic rings. The van der Waals surface area contributed by atoms with Crippen LogP contribution in [0.5, 0.6) is 0 Å². The number of hydrogen-bond acceptors (Lipinski definition) is 3. The average molecular weight is 298 g/mol. The molecule has 0 aromatic heterocycles. The summed E-state index contributed by atoms with van der Waals surface area (Å²) in [7, 11) is -3.38. The number of aryl methyl sites for hydroxylation is 1. The summed E-state index contributed by atoms with van der Waals surface area (Å²) in [6.07, 6.45) is 2.11. The zero-order chi connectivity index (χ0) is 15.0. The van der Waals surface area contributed by atoms with Gasteiger partial charge in [-0.2, -0.15) is 0 Å². The Bertz CT molecular complexity index is 481. The van der Waals surface area contributed by atoms with E-state index < -0.39 is 10.0 Å². The number of rotatable bonds is 9. The van der Waals surface area contributed by atoms with Gasteiger partial charge >= 0.3 is 0 Å². The molecule has 0 aliphatic heterocycles. The highest BCUT2D eigenvalue weighted by atomic mass is 32.2. The molecular formula is C15H26N2O2S. The minimum atomic E-state index is -3.38. The molecule has 2 N–H and O–H groups in total. The van der Waals surface area contributed by atoms with Gasteiger partial charge in [0.15, 0.2) is 0 Å². The van der Waals surface area contributed by atoms with Gasteiger partial charge in [-0.1, -0.05) is 32.9 Å². The van der Waals surface area contributed by atoms with Gasteiger partial charge in [-0.05, 0) is 43.0 Å². The third-order valence-corrected chi connectivity index (χ3v) is 4.56. The first kappa shape index (κ1) is 17.1. The van der Waals surface area contributed by atoms with Gasteiger partial charge in [-0.3, -0.25) is 0 Å². The van der Waals surface area contributed by atoms with E-state index in [1.807, 2.05) is 19.1 Å². The molecule has 0 heterocycles. The van der Waals surface area contributed by atoms with Crippen molar-refractivity contribution in [3.63, 3.8) is 0 Å². The van der Waals surface area contributed by atoms with E-state index in [-0.39, 0.29) is 0 Å². The molecule has 0 amide bonds. The van der Waals surface area contributed by atoms with E-state index in [0.717, 1.165) is 19.4 Å². The van der Waals surface area contributed by atoms with Gasteiger partial charge < -0.3 is 5.32 Å². The first-order chi connectivity index (χ1) is 9.45. The Hall–Kier alpha value is -0.910. The Kier molecular flexibility index (Phi) is 7.19. The van der Waals surface area contributed by atoms with Gasteiger partial charge in [0.2, 0.25) is 10.0 Å². The Morgan fingerprint density at radius 1 is 1.10 bits per heavy atom. The van der Waals surface area contributed by atoms with Crippen LogP contribution in [0.25, 0.3) is 0 Å². The van der Waals surface area contributed by atoms with Crippen LogP contribution in [0.4, 0.5) is 0 Å². The van der Waals surface area contributed by atoms with Gasteiger partial charge in [0.05, 0.1) is 4.90 Å². The maximum Gasteiger partial charge on any atom is 0.240 e. The molecule has 0 atom stereocenters. The topological polar surface area (TPSA) is 58.2 Å². The van der Waals surface area contributed by atoms with E-state index in [1.165, 1.54) is 5.56 Å². The molecule has 0 bridgehead atoms. The number of sulfonamides is 1. The Morgan fingerprint density at radius 3 is 2.30 bits per heavy atom. The van der Waals surface area contributed by atoms with Crippen molar-refractivity contribution in [1.82, 2.24) is 10.0 Å². The third-order valence-electron chi connectivity index (χ3n) is 3.09. The lowest BCUT2D eigenvalue weighted by atomic mass is 10.0. The summed E-state index contributed by atoms with van der Waals surface area (Å²) >= 11 is 0. The van der Waals surface area contributed by atoms with Crippen LogP contribution in [-0.4, -0.2) is 28.1 Å². The van der Waals surface area contributed by atoms with E-state index in [2.05, 4.69) is 23.9 Å². The fourth-order valence-electron chi connectivity index (χ4n) is 1.82. The zero-order valence-electron chi connectivity index (χ0n) is 12.6. The van der Waals surface area contributed by atoms with Crippen LogP contribution in [0.1, 0.15) is 32.8 Å². The highest BCUT2D eigenvalue weighted by Gasteiger charge is 2.12. The second-order valence-corrected chi connectivity index (χ2v) is 7.09. The molecule has 114 valence electrons. The zero-order valence-corrected chi connectivity index (χ0v) is 13.5. The van der Waals surface area contributed by atoms with Crippen molar-refractivity contribution < 1.29 is 8.42 Å². The predicted molar refractivity (Wildman–Crippen MR) is 83.3 cm³/mol. The minimum absolute atomic E-state index is 0.335. The summed E-state index contributed by atoms with van der Waals surface area (Å²) in [5, 5.41) is 3.08. The molecule has 0 radical (unpaired) electrons. The quantitative estimate of drug-likeness (QED) is 0.687. The van der Waals surface area contributed by atoms with Crippen molar-refractivity contribution in [3.05, 3.63) is 29.8 Å². The average Bonchev–Trinajstić information content (AvgIpc) is 2.42. The summed E-state index contributed by atoms with van der Waals surface area (Å²) in [4.78, 5) is 0.335. The Morgan fingerprint density at radius 2 is 1.75 bits per heavy atom. The van der Waals surface area contributed by atoms with E-state index in [4.69, 9.17) is 0 Å². The predicted octanol–water partition coefficient (Wildman–Crippen LogP) is 2.16.